The smallest absolute Gasteiger partial charge is 0.387 e. The van der Waals surface area contributed by atoms with Gasteiger partial charge >= 0.3 is 6.61 Å². The number of amides is 1. The lowest BCUT2D eigenvalue weighted by atomic mass is 9.92. The van der Waals surface area contributed by atoms with Crippen molar-refractivity contribution in [1.29, 1.82) is 0 Å². The van der Waals surface area contributed by atoms with Gasteiger partial charge in [-0.1, -0.05) is 42.5 Å². The van der Waals surface area contributed by atoms with Crippen molar-refractivity contribution in [2.45, 2.75) is 25.7 Å². The number of carbonyl (C=O) groups excluding carboxylic acids is 1. The summed E-state index contributed by atoms with van der Waals surface area (Å²) in [5.74, 6) is 0.670. The Bertz CT molecular complexity index is 1340. The summed E-state index contributed by atoms with van der Waals surface area (Å²) >= 11 is 0. The normalized spacial score (nSPS) is 15.2. The molecule has 0 saturated carbocycles. The van der Waals surface area contributed by atoms with E-state index in [1.54, 1.807) is 24.1 Å². The first-order valence-electron chi connectivity index (χ1n) is 11.7. The van der Waals surface area contributed by atoms with Crippen molar-refractivity contribution in [3.05, 3.63) is 95.2 Å². The van der Waals surface area contributed by atoms with E-state index in [1.165, 1.54) is 12.1 Å². The van der Waals surface area contributed by atoms with Gasteiger partial charge in [0.25, 0.3) is 0 Å². The number of rotatable bonds is 8. The van der Waals surface area contributed by atoms with E-state index < -0.39 is 12.7 Å². The van der Waals surface area contributed by atoms with Crippen molar-refractivity contribution in [2.24, 2.45) is 0 Å². The SMILES string of the molecule is COc1ccc2[nH]c3c(c2c1)CCN(C(=O)COCc1ccccc1)[C@H]3c1ccc(OC(F)F)cc1. The van der Waals surface area contributed by atoms with Crippen LogP contribution in [0.3, 0.4) is 0 Å². The maximum Gasteiger partial charge on any atom is 0.387 e. The molecular formula is C28H26F2N2O4. The summed E-state index contributed by atoms with van der Waals surface area (Å²) in [4.78, 5) is 18.6. The molecule has 1 aliphatic rings. The molecule has 0 aliphatic carbocycles. The van der Waals surface area contributed by atoms with Crippen LogP contribution in [0.2, 0.25) is 0 Å². The molecule has 5 rings (SSSR count). The monoisotopic (exact) mass is 492 g/mol. The summed E-state index contributed by atoms with van der Waals surface area (Å²) in [5.41, 5.74) is 4.71. The van der Waals surface area contributed by atoms with Gasteiger partial charge in [-0.2, -0.15) is 8.78 Å². The molecule has 0 unspecified atom stereocenters. The van der Waals surface area contributed by atoms with Crippen molar-refractivity contribution in [3.63, 3.8) is 0 Å². The Kier molecular flexibility index (Phi) is 6.86. The molecule has 0 bridgehead atoms. The van der Waals surface area contributed by atoms with Gasteiger partial charge < -0.3 is 24.1 Å². The molecule has 0 radical (unpaired) electrons. The minimum absolute atomic E-state index is 0.0650. The number of halogens is 2. The Morgan fingerprint density at radius 2 is 1.81 bits per heavy atom. The first kappa shape index (κ1) is 23.8. The first-order valence-corrected chi connectivity index (χ1v) is 11.7. The Morgan fingerprint density at radius 1 is 1.06 bits per heavy atom. The van der Waals surface area contributed by atoms with Gasteiger partial charge in [-0.05, 0) is 53.4 Å². The van der Waals surface area contributed by atoms with Gasteiger partial charge in [-0.25, -0.2) is 0 Å². The highest BCUT2D eigenvalue weighted by Gasteiger charge is 2.34. The van der Waals surface area contributed by atoms with Crippen LogP contribution in [0.1, 0.15) is 28.4 Å². The van der Waals surface area contributed by atoms with Gasteiger partial charge in [0.15, 0.2) is 0 Å². The van der Waals surface area contributed by atoms with Crippen LogP contribution in [0.25, 0.3) is 10.9 Å². The van der Waals surface area contributed by atoms with Crippen molar-refractivity contribution in [1.82, 2.24) is 9.88 Å². The lowest BCUT2D eigenvalue weighted by Crippen LogP contribution is -2.42. The lowest BCUT2D eigenvalue weighted by molar-refractivity contribution is -0.138. The average molecular weight is 493 g/mol. The molecule has 1 atom stereocenters. The molecule has 0 saturated heterocycles. The number of carbonyl (C=O) groups is 1. The van der Waals surface area contributed by atoms with Crippen LogP contribution in [0.5, 0.6) is 11.5 Å². The van der Waals surface area contributed by atoms with Crippen LogP contribution in [-0.2, 0) is 22.6 Å². The number of methoxy groups -OCH3 is 1. The molecule has 3 aromatic carbocycles. The lowest BCUT2D eigenvalue weighted by Gasteiger charge is -2.36. The van der Waals surface area contributed by atoms with Gasteiger partial charge in [-0.15, -0.1) is 0 Å². The van der Waals surface area contributed by atoms with E-state index in [0.717, 1.165) is 39.0 Å². The van der Waals surface area contributed by atoms with Gasteiger partial charge in [0.05, 0.1) is 19.8 Å². The van der Waals surface area contributed by atoms with Crippen LogP contribution in [0.4, 0.5) is 8.78 Å². The maximum absolute atomic E-state index is 13.4. The molecule has 4 aromatic rings. The molecular weight excluding hydrogens is 466 g/mol. The molecule has 1 aromatic heterocycles. The molecule has 1 N–H and O–H groups in total. The molecule has 36 heavy (non-hydrogen) atoms. The number of ether oxygens (including phenoxy) is 3. The van der Waals surface area contributed by atoms with E-state index in [2.05, 4.69) is 9.72 Å². The highest BCUT2D eigenvalue weighted by atomic mass is 19.3. The molecule has 0 fully saturated rings. The molecule has 6 nitrogen and oxygen atoms in total. The Morgan fingerprint density at radius 3 is 2.53 bits per heavy atom. The Hall–Kier alpha value is -3.91. The van der Waals surface area contributed by atoms with Gasteiger partial charge in [0, 0.05) is 23.1 Å². The Labute approximate surface area is 207 Å². The van der Waals surface area contributed by atoms with Crippen LogP contribution >= 0.6 is 0 Å². The van der Waals surface area contributed by atoms with E-state index >= 15 is 0 Å². The summed E-state index contributed by atoms with van der Waals surface area (Å²) in [5, 5.41) is 1.04. The zero-order valence-electron chi connectivity index (χ0n) is 19.7. The standard InChI is InChI=1S/C28H26F2N2O4/c1-34-21-11-12-24-23(15-21)22-13-14-32(25(33)17-35-16-18-5-3-2-4-6-18)27(26(22)31-24)19-7-9-20(10-8-19)36-28(29)30/h2-12,15,27-28,31H,13-14,16-17H2,1H3/t27-/m0/s1. The molecule has 8 heteroatoms. The maximum atomic E-state index is 13.4. The topological polar surface area (TPSA) is 63.8 Å². The number of benzene rings is 3. The highest BCUT2D eigenvalue weighted by molar-refractivity contribution is 5.88. The number of aromatic nitrogens is 1. The van der Waals surface area contributed by atoms with Crippen LogP contribution in [0, 0.1) is 0 Å². The van der Waals surface area contributed by atoms with Crippen molar-refractivity contribution < 1.29 is 27.8 Å². The third kappa shape index (κ3) is 4.90. The van der Waals surface area contributed by atoms with Crippen molar-refractivity contribution in [3.8, 4) is 11.5 Å². The van der Waals surface area contributed by atoms with E-state index in [9.17, 15) is 13.6 Å². The second-order valence-corrected chi connectivity index (χ2v) is 8.59. The fourth-order valence-corrected chi connectivity index (χ4v) is 4.75. The summed E-state index contributed by atoms with van der Waals surface area (Å²) in [6.45, 7) is -2.14. The predicted octanol–water partition coefficient (Wildman–Crippen LogP) is 5.47. The van der Waals surface area contributed by atoms with E-state index in [1.807, 2.05) is 48.5 Å². The number of nitrogens with one attached hydrogen (secondary N) is 1. The van der Waals surface area contributed by atoms with Crippen LogP contribution in [-0.4, -0.2) is 42.7 Å². The summed E-state index contributed by atoms with van der Waals surface area (Å²) in [6, 6.07) is 21.5. The highest BCUT2D eigenvalue weighted by Crippen LogP contribution is 2.40. The minimum Gasteiger partial charge on any atom is -0.497 e. The van der Waals surface area contributed by atoms with Crippen molar-refractivity contribution in [2.75, 3.05) is 20.3 Å². The number of H-pyrrole nitrogens is 1. The molecule has 1 amide bonds. The second kappa shape index (κ2) is 10.4. The zero-order chi connectivity index (χ0) is 25.1. The van der Waals surface area contributed by atoms with E-state index in [-0.39, 0.29) is 18.3 Å². The summed E-state index contributed by atoms with van der Waals surface area (Å²) < 4.78 is 41.0. The first-order chi connectivity index (χ1) is 17.5. The minimum atomic E-state index is -2.90. The number of fused-ring (bicyclic) bond motifs is 3. The summed E-state index contributed by atoms with van der Waals surface area (Å²) in [6.07, 6.45) is 0.663. The van der Waals surface area contributed by atoms with Crippen molar-refractivity contribution >= 4 is 16.8 Å². The number of alkyl halides is 2. The fourth-order valence-electron chi connectivity index (χ4n) is 4.75. The number of hydrogen-bond donors (Lipinski definition) is 1. The third-order valence-electron chi connectivity index (χ3n) is 6.41. The largest absolute Gasteiger partial charge is 0.497 e. The Balaban J connectivity index is 1.46. The molecule has 1 aliphatic heterocycles. The third-order valence-corrected chi connectivity index (χ3v) is 6.41. The average Bonchev–Trinajstić information content (AvgIpc) is 3.26. The van der Waals surface area contributed by atoms with Crippen LogP contribution in [0.15, 0.2) is 72.8 Å². The fraction of sp³-hybridized carbons (Fsp3) is 0.250. The molecule has 2 heterocycles. The number of aromatic amines is 1. The van der Waals surface area contributed by atoms with E-state index in [4.69, 9.17) is 9.47 Å². The van der Waals surface area contributed by atoms with Gasteiger partial charge in [0.1, 0.15) is 18.1 Å². The van der Waals surface area contributed by atoms with Gasteiger partial charge in [-0.3, -0.25) is 4.79 Å². The number of nitrogens with zero attached hydrogens (tertiary/aromatic N) is 1. The van der Waals surface area contributed by atoms with E-state index in [0.29, 0.717) is 19.6 Å². The number of hydrogen-bond acceptors (Lipinski definition) is 4. The molecule has 0 spiro atoms. The molecule has 186 valence electrons. The quantitative estimate of drug-likeness (QED) is 0.354. The predicted molar refractivity (Wildman–Crippen MR) is 131 cm³/mol. The summed E-state index contributed by atoms with van der Waals surface area (Å²) in [7, 11) is 1.63. The van der Waals surface area contributed by atoms with Crippen LogP contribution < -0.4 is 9.47 Å². The second-order valence-electron chi connectivity index (χ2n) is 8.59. The zero-order valence-corrected chi connectivity index (χ0v) is 19.7. The van der Waals surface area contributed by atoms with Gasteiger partial charge in [0.2, 0.25) is 5.91 Å².